The van der Waals surface area contributed by atoms with Gasteiger partial charge in [-0.2, -0.15) is 9.97 Å². The van der Waals surface area contributed by atoms with Crippen LogP contribution in [0.15, 0.2) is 35.8 Å². The Bertz CT molecular complexity index is 1500. The van der Waals surface area contributed by atoms with E-state index in [9.17, 15) is 4.79 Å². The van der Waals surface area contributed by atoms with Gasteiger partial charge in [0, 0.05) is 37.1 Å². The minimum atomic E-state index is -0.480. The number of primary amides is 1. The molecule has 10 nitrogen and oxygen atoms in total. The number of nitrogens with one attached hydrogen (secondary N) is 3. The number of hydrogen-bond donors (Lipinski definition) is 4. The van der Waals surface area contributed by atoms with Gasteiger partial charge in [0.1, 0.15) is 22.1 Å². The van der Waals surface area contributed by atoms with Crippen molar-refractivity contribution in [2.75, 3.05) is 48.8 Å². The van der Waals surface area contributed by atoms with E-state index in [0.29, 0.717) is 34.0 Å². The smallest absolute Gasteiger partial charge is 0.260 e. The highest BCUT2D eigenvalue weighted by molar-refractivity contribution is 7.12. The highest BCUT2D eigenvalue weighted by atomic mass is 32.1. The fourth-order valence-corrected chi connectivity index (χ4v) is 6.68. The maximum absolute atomic E-state index is 11.8. The lowest BCUT2D eigenvalue weighted by Crippen LogP contribution is -2.46. The summed E-state index contributed by atoms with van der Waals surface area (Å²) in [7, 11) is 1.69. The topological polar surface area (TPSA) is 124 Å². The first-order valence-corrected chi connectivity index (χ1v) is 14.8. The van der Waals surface area contributed by atoms with Crippen molar-refractivity contribution in [2.45, 2.75) is 45.1 Å². The second-order valence-corrected chi connectivity index (χ2v) is 11.5. The highest BCUT2D eigenvalue weighted by Gasteiger charge is 2.27. The molecule has 0 bridgehead atoms. The van der Waals surface area contributed by atoms with E-state index in [0.717, 1.165) is 29.9 Å². The molecule has 4 aromatic rings. The third-order valence-electron chi connectivity index (χ3n) is 8.03. The number of carbonyl (C=O) groups is 1. The van der Waals surface area contributed by atoms with Crippen molar-refractivity contribution in [1.29, 1.82) is 0 Å². The van der Waals surface area contributed by atoms with E-state index in [-0.39, 0.29) is 0 Å². The number of ether oxygens (including phenoxy) is 1. The van der Waals surface area contributed by atoms with Gasteiger partial charge in [-0.25, -0.2) is 0 Å². The molecule has 6 rings (SSSR count). The van der Waals surface area contributed by atoms with Gasteiger partial charge in [-0.15, -0.1) is 11.3 Å². The molecule has 0 aliphatic carbocycles. The Kier molecular flexibility index (Phi) is 7.48. The van der Waals surface area contributed by atoms with Crippen LogP contribution in [0.25, 0.3) is 11.0 Å². The number of piperidine rings is 2. The van der Waals surface area contributed by atoms with Gasteiger partial charge >= 0.3 is 0 Å². The lowest BCUT2D eigenvalue weighted by molar-refractivity contribution is 0.100. The molecule has 2 aliphatic rings. The van der Waals surface area contributed by atoms with Crippen LogP contribution >= 0.6 is 11.3 Å². The minimum absolute atomic E-state index is 0.404. The van der Waals surface area contributed by atoms with Crippen LogP contribution in [0.4, 0.5) is 28.8 Å². The molecule has 5 N–H and O–H groups in total. The maximum Gasteiger partial charge on any atom is 0.260 e. The molecule has 40 heavy (non-hydrogen) atoms. The zero-order chi connectivity index (χ0) is 27.6. The van der Waals surface area contributed by atoms with Crippen LogP contribution < -0.4 is 26.0 Å². The lowest BCUT2D eigenvalue weighted by atomic mass is 9.98. The van der Waals surface area contributed by atoms with Crippen molar-refractivity contribution in [1.82, 2.24) is 19.9 Å². The number of likely N-dealkylation sites (tertiary alicyclic amines) is 1. The maximum atomic E-state index is 11.8. The Morgan fingerprint density at radius 1 is 1.07 bits per heavy atom. The molecule has 0 radical (unpaired) electrons. The van der Waals surface area contributed by atoms with Crippen LogP contribution in [0.3, 0.4) is 0 Å². The predicted molar refractivity (Wildman–Crippen MR) is 162 cm³/mol. The zero-order valence-corrected chi connectivity index (χ0v) is 23.8. The zero-order valence-electron chi connectivity index (χ0n) is 23.0. The van der Waals surface area contributed by atoms with Crippen LogP contribution in [-0.4, -0.2) is 65.1 Å². The normalized spacial score (nSPS) is 16.8. The number of hydrogen-bond acceptors (Lipinski definition) is 9. The summed E-state index contributed by atoms with van der Waals surface area (Å²) in [6, 6.07) is 8.64. The number of aryl methyl sites for hydroxylation is 1. The van der Waals surface area contributed by atoms with Crippen molar-refractivity contribution in [3.05, 3.63) is 46.3 Å². The molecule has 5 heterocycles. The molecular formula is C29H36N8O2S. The number of rotatable bonds is 8. The fraction of sp³-hybridized carbons (Fsp3) is 0.414. The summed E-state index contributed by atoms with van der Waals surface area (Å²) in [6.07, 6.45) is 8.26. The number of amides is 1. The van der Waals surface area contributed by atoms with E-state index in [2.05, 4.69) is 49.5 Å². The van der Waals surface area contributed by atoms with Crippen LogP contribution in [0.1, 0.15) is 47.3 Å². The summed E-state index contributed by atoms with van der Waals surface area (Å²) in [5.74, 6) is 1.23. The number of aromatic nitrogens is 3. The second kappa shape index (κ2) is 11.3. The summed E-state index contributed by atoms with van der Waals surface area (Å²) < 4.78 is 5.82. The molecule has 2 aliphatic heterocycles. The quantitative estimate of drug-likeness (QED) is 0.227. The van der Waals surface area contributed by atoms with Crippen LogP contribution in [0.2, 0.25) is 0 Å². The van der Waals surface area contributed by atoms with Gasteiger partial charge in [0.15, 0.2) is 0 Å². The van der Waals surface area contributed by atoms with Crippen LogP contribution in [0, 0.1) is 6.92 Å². The molecule has 1 aromatic carbocycles. The number of fused-ring (bicyclic) bond motifs is 1. The first-order valence-electron chi connectivity index (χ1n) is 13.9. The fourth-order valence-electron chi connectivity index (χ4n) is 5.98. The monoisotopic (exact) mass is 560 g/mol. The van der Waals surface area contributed by atoms with E-state index in [1.807, 2.05) is 23.7 Å². The molecule has 2 saturated heterocycles. The molecule has 0 saturated carbocycles. The second-order valence-electron chi connectivity index (χ2n) is 10.6. The Labute approximate surface area is 237 Å². The van der Waals surface area contributed by atoms with Crippen LogP contribution in [-0.2, 0) is 0 Å². The van der Waals surface area contributed by atoms with Crippen molar-refractivity contribution in [3.8, 4) is 5.75 Å². The molecule has 1 amide bonds. The summed E-state index contributed by atoms with van der Waals surface area (Å²) >= 11 is 1.29. The summed E-state index contributed by atoms with van der Waals surface area (Å²) in [4.78, 5) is 30.1. The van der Waals surface area contributed by atoms with Gasteiger partial charge in [0.25, 0.3) is 5.91 Å². The molecule has 0 unspecified atom stereocenters. The molecular weight excluding hydrogens is 524 g/mol. The molecule has 3 aromatic heterocycles. The summed E-state index contributed by atoms with van der Waals surface area (Å²) in [6.45, 7) is 6.75. The largest absolute Gasteiger partial charge is 0.494 e. The minimum Gasteiger partial charge on any atom is -0.494 e. The average molecular weight is 561 g/mol. The van der Waals surface area contributed by atoms with Crippen LogP contribution in [0.5, 0.6) is 5.75 Å². The van der Waals surface area contributed by atoms with Crippen molar-refractivity contribution in [2.24, 2.45) is 5.73 Å². The molecule has 2 fully saturated rings. The van der Waals surface area contributed by atoms with Gasteiger partial charge in [0.05, 0.1) is 23.9 Å². The van der Waals surface area contributed by atoms with Gasteiger partial charge in [-0.1, -0.05) is 6.42 Å². The van der Waals surface area contributed by atoms with Gasteiger partial charge in [-0.05, 0) is 74.8 Å². The summed E-state index contributed by atoms with van der Waals surface area (Å²) in [5, 5.41) is 9.25. The number of nitrogens with two attached hydrogens (primary N) is 1. The van der Waals surface area contributed by atoms with Gasteiger partial charge in [0.2, 0.25) is 5.95 Å². The SMILES string of the molecule is COc1cc(N2CCC(N3CCCCC3)CC2)c(C)cc1Nc1nc(Nc2ccsc2C(N)=O)c2cc[nH]c2n1. The number of nitrogens with zero attached hydrogens (tertiary/aromatic N) is 4. The number of benzene rings is 1. The molecule has 0 atom stereocenters. The average Bonchev–Trinajstić information content (AvgIpc) is 3.64. The first-order chi connectivity index (χ1) is 19.5. The number of thiophene rings is 1. The van der Waals surface area contributed by atoms with Gasteiger partial charge < -0.3 is 35.9 Å². The number of anilines is 5. The molecule has 11 heteroatoms. The molecule has 210 valence electrons. The number of H-pyrrole nitrogens is 1. The Hall–Kier alpha value is -3.83. The van der Waals surface area contributed by atoms with Gasteiger partial charge in [-0.3, -0.25) is 4.79 Å². The number of aromatic amines is 1. The van der Waals surface area contributed by atoms with E-state index >= 15 is 0 Å². The number of methoxy groups -OCH3 is 1. The Balaban J connectivity index is 1.22. The lowest BCUT2D eigenvalue weighted by Gasteiger charge is -2.41. The van der Waals surface area contributed by atoms with Crippen molar-refractivity contribution >= 4 is 57.1 Å². The Morgan fingerprint density at radius 2 is 1.88 bits per heavy atom. The van der Waals surface area contributed by atoms with E-state index in [4.69, 9.17) is 15.5 Å². The van der Waals surface area contributed by atoms with E-state index in [1.54, 1.807) is 7.11 Å². The molecule has 0 spiro atoms. The third kappa shape index (κ3) is 5.31. The Morgan fingerprint density at radius 3 is 2.62 bits per heavy atom. The standard InChI is InChI=1S/C29H36N8O2S/c1-18-16-22(24(39-2)17-23(18)37-13-7-19(8-14-37)36-11-4-3-5-12-36)33-29-34-27-20(6-10-31-27)28(35-29)32-21-9-15-40-25(21)26(30)38/h6,9-10,15-17,19H,3-5,7-8,11-14H2,1-2H3,(H2,30,38)(H3,31,32,33,34,35). The van der Waals surface area contributed by atoms with E-state index < -0.39 is 5.91 Å². The van der Waals surface area contributed by atoms with Crippen molar-refractivity contribution < 1.29 is 9.53 Å². The first kappa shape index (κ1) is 26.4. The summed E-state index contributed by atoms with van der Waals surface area (Å²) in [5.41, 5.74) is 10.0. The van der Waals surface area contributed by atoms with Crippen molar-refractivity contribution in [3.63, 3.8) is 0 Å². The predicted octanol–water partition coefficient (Wildman–Crippen LogP) is 5.38. The number of carbonyl (C=O) groups excluding carboxylic acids is 1. The van der Waals surface area contributed by atoms with E-state index in [1.165, 1.54) is 67.8 Å². The third-order valence-corrected chi connectivity index (χ3v) is 8.96. The highest BCUT2D eigenvalue weighted by Crippen LogP contribution is 2.37.